The van der Waals surface area contributed by atoms with Crippen LogP contribution in [0.3, 0.4) is 0 Å². The van der Waals surface area contributed by atoms with Crippen molar-refractivity contribution in [1.82, 2.24) is 0 Å². The van der Waals surface area contributed by atoms with Gasteiger partial charge in [0.25, 0.3) is 0 Å². The van der Waals surface area contributed by atoms with Crippen LogP contribution in [-0.4, -0.2) is 5.75 Å². The van der Waals surface area contributed by atoms with E-state index in [4.69, 9.17) is 5.73 Å². The second-order valence-electron chi connectivity index (χ2n) is 3.14. The number of hydrogen-bond acceptors (Lipinski definition) is 2. The summed E-state index contributed by atoms with van der Waals surface area (Å²) in [5.41, 5.74) is 8.15. The molecule has 0 aliphatic rings. The maximum absolute atomic E-state index is 5.59. The summed E-state index contributed by atoms with van der Waals surface area (Å²) in [6.07, 6.45) is 1.22. The Bertz CT molecular complexity index is 271. The lowest BCUT2D eigenvalue weighted by Gasteiger charge is -2.05. The van der Waals surface area contributed by atoms with Gasteiger partial charge in [-0.15, -0.1) is 11.8 Å². The SMILES string of the molecule is CCCSc1ccc(CN)c(C)c1. The number of thioether (sulfide) groups is 1. The van der Waals surface area contributed by atoms with Crippen molar-refractivity contribution in [3.63, 3.8) is 0 Å². The van der Waals surface area contributed by atoms with Crippen LogP contribution in [0, 0.1) is 6.92 Å². The minimum absolute atomic E-state index is 0.643. The summed E-state index contributed by atoms with van der Waals surface area (Å²) >= 11 is 1.91. The van der Waals surface area contributed by atoms with Gasteiger partial charge >= 0.3 is 0 Å². The number of rotatable bonds is 4. The molecular weight excluding hydrogens is 178 g/mol. The molecule has 1 rings (SSSR count). The van der Waals surface area contributed by atoms with E-state index in [1.54, 1.807) is 0 Å². The first-order valence-electron chi connectivity index (χ1n) is 4.70. The zero-order valence-corrected chi connectivity index (χ0v) is 9.16. The van der Waals surface area contributed by atoms with E-state index in [0.29, 0.717) is 6.54 Å². The molecule has 2 heteroatoms. The average Bonchev–Trinajstić information content (AvgIpc) is 2.15. The van der Waals surface area contributed by atoms with Gasteiger partial charge in [-0.2, -0.15) is 0 Å². The van der Waals surface area contributed by atoms with Crippen molar-refractivity contribution in [2.75, 3.05) is 5.75 Å². The van der Waals surface area contributed by atoms with Crippen LogP contribution in [0.15, 0.2) is 23.1 Å². The number of benzene rings is 1. The molecule has 13 heavy (non-hydrogen) atoms. The quantitative estimate of drug-likeness (QED) is 0.747. The number of aryl methyl sites for hydroxylation is 1. The minimum Gasteiger partial charge on any atom is -0.326 e. The van der Waals surface area contributed by atoms with E-state index in [0.717, 1.165) is 0 Å². The Labute approximate surface area is 84.7 Å². The van der Waals surface area contributed by atoms with Crippen molar-refractivity contribution in [2.24, 2.45) is 5.73 Å². The first-order valence-corrected chi connectivity index (χ1v) is 5.69. The van der Waals surface area contributed by atoms with Gasteiger partial charge in [-0.05, 0) is 42.4 Å². The molecule has 0 radical (unpaired) electrons. The standard InChI is InChI=1S/C11H17NS/c1-3-6-13-11-5-4-10(8-12)9(2)7-11/h4-5,7H,3,6,8,12H2,1-2H3. The van der Waals surface area contributed by atoms with Crippen LogP contribution in [0.25, 0.3) is 0 Å². The first-order chi connectivity index (χ1) is 6.27. The van der Waals surface area contributed by atoms with Gasteiger partial charge in [0.1, 0.15) is 0 Å². The highest BCUT2D eigenvalue weighted by atomic mass is 32.2. The van der Waals surface area contributed by atoms with E-state index in [9.17, 15) is 0 Å². The minimum atomic E-state index is 0.643. The smallest absolute Gasteiger partial charge is 0.0180 e. The molecule has 1 aromatic carbocycles. The molecule has 0 aliphatic heterocycles. The molecule has 1 aromatic rings. The molecule has 0 aliphatic carbocycles. The fraction of sp³-hybridized carbons (Fsp3) is 0.455. The predicted molar refractivity (Wildman–Crippen MR) is 60.1 cm³/mol. The third kappa shape index (κ3) is 3.05. The van der Waals surface area contributed by atoms with Crippen molar-refractivity contribution in [2.45, 2.75) is 31.7 Å². The number of nitrogens with two attached hydrogens (primary N) is 1. The van der Waals surface area contributed by atoms with Gasteiger partial charge in [0.05, 0.1) is 0 Å². The average molecular weight is 195 g/mol. The van der Waals surface area contributed by atoms with Gasteiger partial charge in [-0.25, -0.2) is 0 Å². The fourth-order valence-corrected chi connectivity index (χ4v) is 2.07. The summed E-state index contributed by atoms with van der Waals surface area (Å²) in [7, 11) is 0. The van der Waals surface area contributed by atoms with Gasteiger partial charge in [0, 0.05) is 11.4 Å². The molecular formula is C11H17NS. The summed E-state index contributed by atoms with van der Waals surface area (Å²) in [6, 6.07) is 6.52. The summed E-state index contributed by atoms with van der Waals surface area (Å²) < 4.78 is 0. The van der Waals surface area contributed by atoms with Crippen LogP contribution in [0.5, 0.6) is 0 Å². The van der Waals surface area contributed by atoms with Crippen LogP contribution in [0.1, 0.15) is 24.5 Å². The molecule has 0 amide bonds. The van der Waals surface area contributed by atoms with E-state index in [1.165, 1.54) is 28.2 Å². The fourth-order valence-electron chi connectivity index (χ4n) is 1.21. The Balaban J connectivity index is 2.71. The Morgan fingerprint density at radius 3 is 2.69 bits per heavy atom. The highest BCUT2D eigenvalue weighted by Gasteiger charge is 1.98. The molecule has 0 unspecified atom stereocenters. The molecule has 0 aromatic heterocycles. The van der Waals surface area contributed by atoms with E-state index < -0.39 is 0 Å². The summed E-state index contributed by atoms with van der Waals surface area (Å²) in [6.45, 7) is 4.97. The Morgan fingerprint density at radius 1 is 1.38 bits per heavy atom. The van der Waals surface area contributed by atoms with E-state index in [2.05, 4.69) is 32.0 Å². The Hall–Kier alpha value is -0.470. The van der Waals surface area contributed by atoms with Gasteiger partial charge in [0.2, 0.25) is 0 Å². The lowest BCUT2D eigenvalue weighted by atomic mass is 10.1. The second kappa shape index (κ2) is 5.30. The largest absolute Gasteiger partial charge is 0.326 e. The van der Waals surface area contributed by atoms with Gasteiger partial charge < -0.3 is 5.73 Å². The first kappa shape index (κ1) is 10.6. The van der Waals surface area contributed by atoms with Crippen LogP contribution >= 0.6 is 11.8 Å². The molecule has 0 fully saturated rings. The molecule has 0 spiro atoms. The molecule has 0 saturated carbocycles. The van der Waals surface area contributed by atoms with Gasteiger partial charge in [-0.3, -0.25) is 0 Å². The van der Waals surface area contributed by atoms with E-state index >= 15 is 0 Å². The third-order valence-corrected chi connectivity index (χ3v) is 3.21. The van der Waals surface area contributed by atoms with Crippen molar-refractivity contribution >= 4 is 11.8 Å². The lowest BCUT2D eigenvalue weighted by Crippen LogP contribution is -1.98. The van der Waals surface area contributed by atoms with Crippen molar-refractivity contribution in [1.29, 1.82) is 0 Å². The molecule has 0 heterocycles. The van der Waals surface area contributed by atoms with Crippen LogP contribution in [-0.2, 0) is 6.54 Å². The maximum Gasteiger partial charge on any atom is 0.0180 e. The van der Waals surface area contributed by atoms with Crippen LogP contribution in [0.2, 0.25) is 0 Å². The van der Waals surface area contributed by atoms with Gasteiger partial charge in [-0.1, -0.05) is 13.0 Å². The van der Waals surface area contributed by atoms with E-state index in [1.807, 2.05) is 11.8 Å². The van der Waals surface area contributed by atoms with Crippen molar-refractivity contribution in [3.8, 4) is 0 Å². The molecule has 1 nitrogen and oxygen atoms in total. The normalized spacial score (nSPS) is 10.4. The van der Waals surface area contributed by atoms with Crippen LogP contribution in [0.4, 0.5) is 0 Å². The van der Waals surface area contributed by atoms with Crippen molar-refractivity contribution < 1.29 is 0 Å². The highest BCUT2D eigenvalue weighted by molar-refractivity contribution is 7.99. The van der Waals surface area contributed by atoms with E-state index in [-0.39, 0.29) is 0 Å². The summed E-state index contributed by atoms with van der Waals surface area (Å²) in [5, 5.41) is 0. The molecule has 0 saturated heterocycles. The third-order valence-electron chi connectivity index (χ3n) is 2.01. The molecule has 0 bridgehead atoms. The molecule has 2 N–H and O–H groups in total. The highest BCUT2D eigenvalue weighted by Crippen LogP contribution is 2.21. The predicted octanol–water partition coefficient (Wildman–Crippen LogP) is 2.96. The number of hydrogen-bond donors (Lipinski definition) is 1. The molecule has 0 atom stereocenters. The van der Waals surface area contributed by atoms with Gasteiger partial charge in [0.15, 0.2) is 0 Å². The lowest BCUT2D eigenvalue weighted by molar-refractivity contribution is 1.04. The second-order valence-corrected chi connectivity index (χ2v) is 4.31. The van der Waals surface area contributed by atoms with Crippen molar-refractivity contribution in [3.05, 3.63) is 29.3 Å². The summed E-state index contributed by atoms with van der Waals surface area (Å²) in [4.78, 5) is 1.36. The monoisotopic (exact) mass is 195 g/mol. The maximum atomic E-state index is 5.59. The Kier molecular flexibility index (Phi) is 4.33. The zero-order valence-electron chi connectivity index (χ0n) is 8.34. The topological polar surface area (TPSA) is 26.0 Å². The van der Waals surface area contributed by atoms with Crippen LogP contribution < -0.4 is 5.73 Å². The summed E-state index contributed by atoms with van der Waals surface area (Å²) in [5.74, 6) is 1.20. The molecule has 72 valence electrons. The Morgan fingerprint density at radius 2 is 2.15 bits per heavy atom. The zero-order chi connectivity index (χ0) is 9.68.